The Balaban J connectivity index is 2.30. The molecule has 3 nitrogen and oxygen atoms in total. The van der Waals surface area contributed by atoms with E-state index in [1.54, 1.807) is 12.1 Å². The zero-order valence-corrected chi connectivity index (χ0v) is 7.80. The average molecular weight is 194 g/mol. The van der Waals surface area contributed by atoms with Crippen LogP contribution in [0.4, 0.5) is 9.18 Å². The van der Waals surface area contributed by atoms with Crippen molar-refractivity contribution in [3.05, 3.63) is 35.6 Å². The molecule has 2 amide bonds. The van der Waals surface area contributed by atoms with Crippen LogP contribution in [0.5, 0.6) is 0 Å². The molecule has 1 saturated heterocycles. The molecule has 2 rings (SSSR count). The minimum atomic E-state index is -0.426. The van der Waals surface area contributed by atoms with Gasteiger partial charge in [0.05, 0.1) is 5.54 Å². The third-order valence-electron chi connectivity index (χ3n) is 2.47. The highest BCUT2D eigenvalue weighted by atomic mass is 19.1. The smallest absolute Gasteiger partial charge is 0.315 e. The van der Waals surface area contributed by atoms with Gasteiger partial charge in [-0.25, -0.2) is 9.18 Å². The van der Waals surface area contributed by atoms with Crippen molar-refractivity contribution < 1.29 is 9.18 Å². The molecule has 0 saturated carbocycles. The van der Waals surface area contributed by atoms with Crippen molar-refractivity contribution >= 4 is 6.03 Å². The Hall–Kier alpha value is -1.58. The van der Waals surface area contributed by atoms with Crippen LogP contribution in [0.25, 0.3) is 0 Å². The van der Waals surface area contributed by atoms with E-state index in [2.05, 4.69) is 10.6 Å². The summed E-state index contributed by atoms with van der Waals surface area (Å²) in [7, 11) is 0. The lowest BCUT2D eigenvalue weighted by Crippen LogP contribution is -2.37. The maximum atomic E-state index is 12.7. The second-order valence-corrected chi connectivity index (χ2v) is 3.65. The van der Waals surface area contributed by atoms with Gasteiger partial charge in [-0.2, -0.15) is 0 Å². The molecule has 1 aromatic carbocycles. The quantitative estimate of drug-likeness (QED) is 0.696. The molecule has 0 spiro atoms. The van der Waals surface area contributed by atoms with Crippen LogP contribution in [0.3, 0.4) is 0 Å². The van der Waals surface area contributed by atoms with Gasteiger partial charge in [0.1, 0.15) is 5.82 Å². The molecular formula is C10H11FN2O. The molecule has 4 heteroatoms. The predicted molar refractivity (Wildman–Crippen MR) is 50.3 cm³/mol. The number of rotatable bonds is 1. The summed E-state index contributed by atoms with van der Waals surface area (Å²) in [6.07, 6.45) is 0. The van der Waals surface area contributed by atoms with E-state index in [4.69, 9.17) is 0 Å². The number of nitrogens with one attached hydrogen (secondary N) is 2. The topological polar surface area (TPSA) is 41.1 Å². The lowest BCUT2D eigenvalue weighted by atomic mass is 9.93. The van der Waals surface area contributed by atoms with E-state index in [9.17, 15) is 9.18 Å². The fourth-order valence-electron chi connectivity index (χ4n) is 1.59. The summed E-state index contributed by atoms with van der Waals surface area (Å²) in [5.74, 6) is -0.269. The summed E-state index contributed by atoms with van der Waals surface area (Å²) in [6, 6.07) is 5.97. The zero-order chi connectivity index (χ0) is 10.2. The Labute approximate surface area is 81.3 Å². The van der Waals surface area contributed by atoms with Gasteiger partial charge in [-0.1, -0.05) is 12.1 Å². The number of benzene rings is 1. The Morgan fingerprint density at radius 3 is 2.50 bits per heavy atom. The predicted octanol–water partition coefficient (Wildman–Crippen LogP) is 1.35. The molecule has 14 heavy (non-hydrogen) atoms. The second kappa shape index (κ2) is 2.97. The first-order chi connectivity index (χ1) is 6.60. The summed E-state index contributed by atoms with van der Waals surface area (Å²) >= 11 is 0. The second-order valence-electron chi connectivity index (χ2n) is 3.65. The lowest BCUT2D eigenvalue weighted by Gasteiger charge is -2.22. The van der Waals surface area contributed by atoms with E-state index >= 15 is 0 Å². The average Bonchev–Trinajstić information content (AvgIpc) is 2.48. The number of hydrogen-bond acceptors (Lipinski definition) is 1. The van der Waals surface area contributed by atoms with Gasteiger partial charge in [-0.05, 0) is 24.6 Å². The van der Waals surface area contributed by atoms with Gasteiger partial charge in [-0.15, -0.1) is 0 Å². The van der Waals surface area contributed by atoms with Gasteiger partial charge < -0.3 is 10.6 Å². The van der Waals surface area contributed by atoms with Crippen molar-refractivity contribution in [1.29, 1.82) is 0 Å². The third-order valence-corrected chi connectivity index (χ3v) is 2.47. The zero-order valence-electron chi connectivity index (χ0n) is 7.80. The Bertz CT molecular complexity index is 363. The van der Waals surface area contributed by atoms with Crippen LogP contribution in [-0.2, 0) is 5.54 Å². The maximum Gasteiger partial charge on any atom is 0.315 e. The normalized spacial score (nSPS) is 25.7. The van der Waals surface area contributed by atoms with Gasteiger partial charge in [0, 0.05) is 6.54 Å². The van der Waals surface area contributed by atoms with Crippen LogP contribution in [0.2, 0.25) is 0 Å². The van der Waals surface area contributed by atoms with Crippen molar-refractivity contribution in [1.82, 2.24) is 10.6 Å². The monoisotopic (exact) mass is 194 g/mol. The standard InChI is InChI=1S/C10H11FN2O/c1-10(6-12-9(14)13-10)7-2-4-8(11)5-3-7/h2-5H,6H2,1H3,(H2,12,13,14). The largest absolute Gasteiger partial charge is 0.335 e. The number of hydrogen-bond donors (Lipinski definition) is 2. The Morgan fingerprint density at radius 2 is 2.00 bits per heavy atom. The summed E-state index contributed by atoms with van der Waals surface area (Å²) in [5, 5.41) is 5.47. The molecule has 2 N–H and O–H groups in total. The first-order valence-corrected chi connectivity index (χ1v) is 4.42. The number of urea groups is 1. The fraction of sp³-hybridized carbons (Fsp3) is 0.300. The van der Waals surface area contributed by atoms with Crippen LogP contribution in [0.1, 0.15) is 12.5 Å². The van der Waals surface area contributed by atoms with Crippen molar-refractivity contribution in [2.24, 2.45) is 0 Å². The van der Waals surface area contributed by atoms with E-state index < -0.39 is 5.54 Å². The Kier molecular flexibility index (Phi) is 1.91. The highest BCUT2D eigenvalue weighted by Gasteiger charge is 2.34. The van der Waals surface area contributed by atoms with E-state index in [0.29, 0.717) is 6.54 Å². The molecule has 1 atom stereocenters. The van der Waals surface area contributed by atoms with Crippen LogP contribution >= 0.6 is 0 Å². The minimum Gasteiger partial charge on any atom is -0.335 e. The van der Waals surface area contributed by atoms with E-state index in [-0.39, 0.29) is 11.8 Å². The summed E-state index contributed by atoms with van der Waals surface area (Å²) in [4.78, 5) is 11.0. The van der Waals surface area contributed by atoms with Crippen LogP contribution < -0.4 is 10.6 Å². The molecule has 1 unspecified atom stereocenters. The molecule has 74 valence electrons. The van der Waals surface area contributed by atoms with Gasteiger partial charge in [0.2, 0.25) is 0 Å². The number of amides is 2. The van der Waals surface area contributed by atoms with Crippen molar-refractivity contribution in [2.75, 3.05) is 6.54 Å². The van der Waals surface area contributed by atoms with Crippen LogP contribution in [0.15, 0.2) is 24.3 Å². The van der Waals surface area contributed by atoms with Crippen molar-refractivity contribution in [2.45, 2.75) is 12.5 Å². The molecule has 1 aliphatic rings. The van der Waals surface area contributed by atoms with E-state index in [1.807, 2.05) is 6.92 Å². The van der Waals surface area contributed by atoms with E-state index in [1.165, 1.54) is 12.1 Å². The summed E-state index contributed by atoms with van der Waals surface area (Å²) in [6.45, 7) is 2.43. The van der Waals surface area contributed by atoms with Crippen LogP contribution in [0, 0.1) is 5.82 Å². The van der Waals surface area contributed by atoms with E-state index in [0.717, 1.165) is 5.56 Å². The van der Waals surface area contributed by atoms with Crippen molar-refractivity contribution in [3.63, 3.8) is 0 Å². The van der Waals surface area contributed by atoms with Gasteiger partial charge in [-0.3, -0.25) is 0 Å². The number of carbonyl (C=O) groups excluding carboxylic acids is 1. The molecule has 0 aromatic heterocycles. The lowest BCUT2D eigenvalue weighted by molar-refractivity contribution is 0.245. The maximum absolute atomic E-state index is 12.7. The SMILES string of the molecule is CC1(c2ccc(F)cc2)CNC(=O)N1. The van der Waals surface area contributed by atoms with Gasteiger partial charge in [0.15, 0.2) is 0 Å². The summed E-state index contributed by atoms with van der Waals surface area (Å²) in [5.41, 5.74) is 0.474. The van der Waals surface area contributed by atoms with Gasteiger partial charge in [0.25, 0.3) is 0 Å². The first-order valence-electron chi connectivity index (χ1n) is 4.42. The number of carbonyl (C=O) groups is 1. The molecule has 0 radical (unpaired) electrons. The molecule has 1 aromatic rings. The highest BCUT2D eigenvalue weighted by molar-refractivity contribution is 5.77. The fourth-order valence-corrected chi connectivity index (χ4v) is 1.59. The first kappa shape index (κ1) is 8.99. The van der Waals surface area contributed by atoms with Crippen LogP contribution in [-0.4, -0.2) is 12.6 Å². The number of halogens is 1. The van der Waals surface area contributed by atoms with Gasteiger partial charge >= 0.3 is 6.03 Å². The third kappa shape index (κ3) is 1.43. The minimum absolute atomic E-state index is 0.183. The molecule has 1 aliphatic heterocycles. The highest BCUT2D eigenvalue weighted by Crippen LogP contribution is 2.22. The molecule has 1 fully saturated rings. The molecular weight excluding hydrogens is 183 g/mol. The Morgan fingerprint density at radius 1 is 1.36 bits per heavy atom. The van der Waals surface area contributed by atoms with Crippen molar-refractivity contribution in [3.8, 4) is 0 Å². The molecule has 0 bridgehead atoms. The molecule has 1 heterocycles. The summed E-state index contributed by atoms with van der Waals surface area (Å²) < 4.78 is 12.7. The molecule has 0 aliphatic carbocycles.